The Kier molecular flexibility index (Phi) is 7.43. The maximum atomic E-state index is 14.0. The minimum Gasteiger partial charge on any atom is -0.381 e. The van der Waals surface area contributed by atoms with E-state index >= 15 is 0 Å². The van der Waals surface area contributed by atoms with Crippen molar-refractivity contribution in [2.45, 2.75) is 25.1 Å². The number of rotatable bonds is 9. The summed E-state index contributed by atoms with van der Waals surface area (Å²) in [5.41, 5.74) is 1.22. The van der Waals surface area contributed by atoms with Gasteiger partial charge < -0.3 is 19.1 Å². The van der Waals surface area contributed by atoms with E-state index in [4.69, 9.17) is 9.05 Å². The lowest BCUT2D eigenvalue weighted by atomic mass is 10.0. The normalized spacial score (nSPS) is 12.4. The van der Waals surface area contributed by atoms with E-state index in [9.17, 15) is 23.1 Å². The summed E-state index contributed by atoms with van der Waals surface area (Å²) in [5, 5.41) is 18.0. The van der Waals surface area contributed by atoms with Gasteiger partial charge in [0.25, 0.3) is 5.89 Å². The second-order valence-corrected chi connectivity index (χ2v) is 9.62. The third-order valence-corrected chi connectivity index (χ3v) is 6.75. The number of halogens is 3. The Morgan fingerprint density at radius 3 is 2.21 bits per heavy atom. The number of hydrogen-bond donors (Lipinski definition) is 2. The SMILES string of the molecule is O=C(CCc1ncc(-c2ccccc2)[nH]1)C(O)c1ccc(-c2noc(-c3onc(-c4ccccc4)c3C(F)(F)F)n2)cc1. The molecular weight excluding hydrogens is 563 g/mol. The number of nitrogens with zero attached hydrogens (tertiary/aromatic N) is 4. The van der Waals surface area contributed by atoms with Crippen LogP contribution in [-0.2, 0) is 17.4 Å². The standard InChI is InChI=1S/C31H22F3N5O4/c32-31(33,34)25-26(19-9-5-2-6-10-19)38-42-28(25)30-37-29(39-43-30)21-13-11-20(12-14-21)27(41)23(40)15-16-24-35-17-22(36-24)18-7-3-1-4-8-18/h1-14,17,27,41H,15-16H2,(H,35,36). The summed E-state index contributed by atoms with van der Waals surface area (Å²) in [6, 6.07) is 23.5. The van der Waals surface area contributed by atoms with Gasteiger partial charge in [0, 0.05) is 24.0 Å². The molecule has 0 aliphatic carbocycles. The highest BCUT2D eigenvalue weighted by atomic mass is 19.4. The molecule has 9 nitrogen and oxygen atoms in total. The number of nitrogens with one attached hydrogen (secondary N) is 1. The molecule has 0 radical (unpaired) electrons. The Hall–Kier alpha value is -5.36. The summed E-state index contributed by atoms with van der Waals surface area (Å²) in [6.07, 6.45) is -4.11. The van der Waals surface area contributed by atoms with Gasteiger partial charge in [-0.15, -0.1) is 0 Å². The van der Waals surface area contributed by atoms with E-state index in [1.165, 1.54) is 36.4 Å². The number of carbonyl (C=O) groups excluding carboxylic acids is 1. The summed E-state index contributed by atoms with van der Waals surface area (Å²) in [4.78, 5) is 24.3. The van der Waals surface area contributed by atoms with Crippen LogP contribution in [0.1, 0.15) is 29.5 Å². The predicted octanol–water partition coefficient (Wildman–Crippen LogP) is 6.70. The summed E-state index contributed by atoms with van der Waals surface area (Å²) < 4.78 is 52.1. The van der Waals surface area contributed by atoms with Crippen LogP contribution in [0.3, 0.4) is 0 Å². The molecule has 3 heterocycles. The van der Waals surface area contributed by atoms with Crippen molar-refractivity contribution in [1.29, 1.82) is 0 Å². The first-order valence-corrected chi connectivity index (χ1v) is 13.1. The lowest BCUT2D eigenvalue weighted by Gasteiger charge is -2.10. The number of imidazole rings is 1. The number of aliphatic hydroxyl groups is 1. The molecule has 3 aromatic heterocycles. The summed E-state index contributed by atoms with van der Waals surface area (Å²) in [7, 11) is 0. The van der Waals surface area contributed by atoms with Crippen LogP contribution in [0.5, 0.6) is 0 Å². The van der Waals surface area contributed by atoms with E-state index in [0.29, 0.717) is 23.4 Å². The molecule has 0 aliphatic rings. The molecule has 0 bridgehead atoms. The van der Waals surface area contributed by atoms with Gasteiger partial charge in [0.15, 0.2) is 5.78 Å². The first-order chi connectivity index (χ1) is 20.8. The highest BCUT2D eigenvalue weighted by molar-refractivity contribution is 5.84. The molecule has 6 rings (SSSR count). The molecule has 0 saturated carbocycles. The molecule has 1 atom stereocenters. The van der Waals surface area contributed by atoms with Crippen molar-refractivity contribution in [3.63, 3.8) is 0 Å². The van der Waals surface area contributed by atoms with Gasteiger partial charge >= 0.3 is 6.18 Å². The number of hydrogen-bond acceptors (Lipinski definition) is 8. The van der Waals surface area contributed by atoms with Crippen molar-refractivity contribution < 1.29 is 32.1 Å². The fourth-order valence-corrected chi connectivity index (χ4v) is 4.56. The molecule has 3 aromatic carbocycles. The van der Waals surface area contributed by atoms with E-state index in [2.05, 4.69) is 25.3 Å². The van der Waals surface area contributed by atoms with Crippen molar-refractivity contribution in [2.75, 3.05) is 0 Å². The molecule has 0 amide bonds. The summed E-state index contributed by atoms with van der Waals surface area (Å²) in [5.74, 6) is -0.981. The van der Waals surface area contributed by atoms with Crippen LogP contribution in [0.25, 0.3) is 45.6 Å². The van der Waals surface area contributed by atoms with E-state index in [0.717, 1.165) is 11.3 Å². The van der Waals surface area contributed by atoms with Gasteiger partial charge in [-0.3, -0.25) is 4.79 Å². The first kappa shape index (κ1) is 27.8. The Bertz CT molecular complexity index is 1850. The van der Waals surface area contributed by atoms with Crippen LogP contribution in [0.4, 0.5) is 13.2 Å². The number of aryl methyl sites for hydroxylation is 1. The number of alkyl halides is 3. The van der Waals surface area contributed by atoms with E-state index < -0.39 is 41.0 Å². The average molecular weight is 586 g/mol. The number of ketones is 1. The third kappa shape index (κ3) is 5.86. The van der Waals surface area contributed by atoms with Crippen LogP contribution in [0.2, 0.25) is 0 Å². The van der Waals surface area contributed by atoms with Gasteiger partial charge in [-0.05, 0) is 11.1 Å². The van der Waals surface area contributed by atoms with Gasteiger partial charge in [0.1, 0.15) is 23.2 Å². The van der Waals surface area contributed by atoms with Gasteiger partial charge in [-0.1, -0.05) is 95.2 Å². The number of H-pyrrole nitrogens is 1. The zero-order chi connectivity index (χ0) is 30.0. The third-order valence-electron chi connectivity index (χ3n) is 6.75. The topological polar surface area (TPSA) is 131 Å². The monoisotopic (exact) mass is 585 g/mol. The second kappa shape index (κ2) is 11.5. The molecule has 0 spiro atoms. The molecule has 0 saturated heterocycles. The quantitative estimate of drug-likeness (QED) is 0.192. The van der Waals surface area contributed by atoms with Gasteiger partial charge in [-0.2, -0.15) is 18.2 Å². The lowest BCUT2D eigenvalue weighted by molar-refractivity contribution is -0.137. The number of aromatic amines is 1. The van der Waals surface area contributed by atoms with E-state index in [-0.39, 0.29) is 17.8 Å². The van der Waals surface area contributed by atoms with Gasteiger partial charge in [-0.25, -0.2) is 4.98 Å². The summed E-state index contributed by atoms with van der Waals surface area (Å²) in [6.45, 7) is 0. The molecule has 0 fully saturated rings. The smallest absolute Gasteiger partial charge is 0.381 e. The predicted molar refractivity (Wildman–Crippen MR) is 148 cm³/mol. The largest absolute Gasteiger partial charge is 0.422 e. The average Bonchev–Trinajstić information content (AvgIpc) is 3.80. The van der Waals surface area contributed by atoms with E-state index in [1.807, 2.05) is 30.3 Å². The molecule has 216 valence electrons. The zero-order valence-electron chi connectivity index (χ0n) is 22.2. The van der Waals surface area contributed by atoms with Crippen LogP contribution in [0, 0.1) is 0 Å². The highest BCUT2D eigenvalue weighted by Crippen LogP contribution is 2.43. The molecule has 1 unspecified atom stereocenters. The first-order valence-electron chi connectivity index (χ1n) is 13.1. The highest BCUT2D eigenvalue weighted by Gasteiger charge is 2.43. The van der Waals surface area contributed by atoms with Crippen LogP contribution >= 0.6 is 0 Å². The molecule has 43 heavy (non-hydrogen) atoms. The lowest BCUT2D eigenvalue weighted by Crippen LogP contribution is -2.13. The molecule has 0 aliphatic heterocycles. The number of carbonyl (C=O) groups is 1. The number of aromatic nitrogens is 5. The van der Waals surface area contributed by atoms with Gasteiger partial charge in [0.2, 0.25) is 11.6 Å². The number of Topliss-reactive ketones (excluding diaryl/α,β-unsaturated/α-hetero) is 1. The Balaban J connectivity index is 1.14. The maximum absolute atomic E-state index is 14.0. The number of benzene rings is 3. The van der Waals surface area contributed by atoms with Crippen molar-refractivity contribution in [2.24, 2.45) is 0 Å². The minimum absolute atomic E-state index is 0.0137. The Morgan fingerprint density at radius 2 is 1.53 bits per heavy atom. The zero-order valence-corrected chi connectivity index (χ0v) is 22.2. The molecule has 12 heteroatoms. The van der Waals surface area contributed by atoms with Crippen LogP contribution < -0.4 is 0 Å². The molecule has 6 aromatic rings. The fraction of sp³-hybridized carbons (Fsp3) is 0.129. The van der Waals surface area contributed by atoms with Crippen molar-refractivity contribution >= 4 is 5.78 Å². The van der Waals surface area contributed by atoms with Crippen molar-refractivity contribution in [1.82, 2.24) is 25.3 Å². The summed E-state index contributed by atoms with van der Waals surface area (Å²) >= 11 is 0. The van der Waals surface area contributed by atoms with E-state index in [1.54, 1.807) is 24.4 Å². The Labute approximate surface area is 242 Å². The van der Waals surface area contributed by atoms with Crippen LogP contribution in [0.15, 0.2) is 100 Å². The van der Waals surface area contributed by atoms with Crippen LogP contribution in [-0.4, -0.2) is 36.2 Å². The fourth-order valence-electron chi connectivity index (χ4n) is 4.56. The molecular formula is C31H22F3N5O4. The second-order valence-electron chi connectivity index (χ2n) is 9.62. The number of aliphatic hydroxyl groups excluding tert-OH is 1. The maximum Gasteiger partial charge on any atom is 0.422 e. The molecule has 2 N–H and O–H groups in total. The van der Waals surface area contributed by atoms with Crippen molar-refractivity contribution in [3.8, 4) is 45.6 Å². The Morgan fingerprint density at radius 1 is 0.860 bits per heavy atom. The minimum atomic E-state index is -4.80. The van der Waals surface area contributed by atoms with Gasteiger partial charge in [0.05, 0.1) is 11.9 Å². The van der Waals surface area contributed by atoms with Crippen molar-refractivity contribution in [3.05, 3.63) is 108 Å².